The second-order valence-corrected chi connectivity index (χ2v) is 5.23. The van der Waals surface area contributed by atoms with Crippen LogP contribution in [0.1, 0.15) is 20.2 Å². The predicted molar refractivity (Wildman–Crippen MR) is 69.3 cm³/mol. The smallest absolute Gasteiger partial charge is 0.405 e. The summed E-state index contributed by atoms with van der Waals surface area (Å²) >= 11 is 6.80. The van der Waals surface area contributed by atoms with Crippen molar-refractivity contribution < 1.29 is 19.1 Å². The fraction of sp³-hybridized carbons (Fsp3) is 0.0833. The summed E-state index contributed by atoms with van der Waals surface area (Å²) in [6, 6.07) is 7.49. The molecule has 7 heteroatoms. The zero-order chi connectivity index (χ0) is 13.8. The molecule has 2 heterocycles. The number of esters is 1. The molecule has 0 aliphatic heterocycles. The Balaban J connectivity index is 1.98. The van der Waals surface area contributed by atoms with Crippen molar-refractivity contribution >= 4 is 34.7 Å². The molecule has 2 rings (SSSR count). The Morgan fingerprint density at radius 2 is 2.11 bits per heavy atom. The van der Waals surface area contributed by atoms with E-state index in [0.717, 1.165) is 11.3 Å². The van der Waals surface area contributed by atoms with Crippen LogP contribution in [0.2, 0.25) is 4.34 Å². The summed E-state index contributed by atoms with van der Waals surface area (Å²) in [5.74, 6) is -1.20. The van der Waals surface area contributed by atoms with Crippen LogP contribution in [0.3, 0.4) is 0 Å². The molecule has 0 aromatic carbocycles. The van der Waals surface area contributed by atoms with Crippen LogP contribution in [0.4, 0.5) is 0 Å². The third-order valence-corrected chi connectivity index (χ3v) is 3.49. The van der Waals surface area contributed by atoms with Crippen molar-refractivity contribution in [2.24, 2.45) is 0 Å². The monoisotopic (exact) mass is 297 g/mol. The predicted octanol–water partition coefficient (Wildman–Crippen LogP) is 2.07. The van der Waals surface area contributed by atoms with Gasteiger partial charge in [0.2, 0.25) is 5.78 Å². The van der Waals surface area contributed by atoms with E-state index < -0.39 is 12.6 Å². The van der Waals surface area contributed by atoms with Crippen molar-refractivity contribution in [1.29, 1.82) is 0 Å². The molecule has 0 aliphatic rings. The fourth-order valence-corrected chi connectivity index (χ4v) is 2.29. The minimum atomic E-state index is -0.841. The molecule has 0 saturated carbocycles. The van der Waals surface area contributed by atoms with Crippen molar-refractivity contribution in [2.75, 3.05) is 6.61 Å². The van der Waals surface area contributed by atoms with Crippen molar-refractivity contribution in [2.45, 2.75) is 0 Å². The maximum atomic E-state index is 11.7. The minimum Gasteiger partial charge on any atom is -0.618 e. The average Bonchev–Trinajstić information content (AvgIpc) is 2.83. The van der Waals surface area contributed by atoms with Crippen LogP contribution in [0, 0.1) is 5.21 Å². The molecular weight excluding hydrogens is 290 g/mol. The van der Waals surface area contributed by atoms with Crippen LogP contribution < -0.4 is 4.73 Å². The van der Waals surface area contributed by atoms with Crippen LogP contribution in [0.25, 0.3) is 0 Å². The van der Waals surface area contributed by atoms with Crippen LogP contribution in [-0.2, 0) is 4.74 Å². The highest BCUT2D eigenvalue weighted by molar-refractivity contribution is 7.18. The maximum Gasteiger partial charge on any atom is 0.405 e. The van der Waals surface area contributed by atoms with E-state index in [-0.39, 0.29) is 11.5 Å². The molecule has 0 saturated heterocycles. The SMILES string of the molecule is O=C(COC(=O)c1cccc[n+]1[O-])c1ccc(Cl)s1. The van der Waals surface area contributed by atoms with E-state index in [1.807, 2.05) is 0 Å². The minimum absolute atomic E-state index is 0.167. The second kappa shape index (κ2) is 5.81. The van der Waals surface area contributed by atoms with Crippen LogP contribution >= 0.6 is 22.9 Å². The van der Waals surface area contributed by atoms with E-state index in [2.05, 4.69) is 0 Å². The molecule has 0 N–H and O–H groups in total. The molecule has 0 fully saturated rings. The van der Waals surface area contributed by atoms with Crippen LogP contribution in [0.15, 0.2) is 36.5 Å². The molecule has 0 radical (unpaired) electrons. The number of halogens is 1. The number of aromatic nitrogens is 1. The van der Waals surface area contributed by atoms with Crippen LogP contribution in [-0.4, -0.2) is 18.4 Å². The number of hydrogen-bond acceptors (Lipinski definition) is 5. The first-order valence-corrected chi connectivity index (χ1v) is 6.41. The first kappa shape index (κ1) is 13.5. The lowest BCUT2D eigenvalue weighted by Crippen LogP contribution is -2.35. The fourth-order valence-electron chi connectivity index (χ4n) is 1.33. The van der Waals surface area contributed by atoms with Gasteiger partial charge in [0.15, 0.2) is 12.8 Å². The zero-order valence-corrected chi connectivity index (χ0v) is 11.1. The lowest BCUT2D eigenvalue weighted by molar-refractivity contribution is -0.608. The zero-order valence-electron chi connectivity index (χ0n) is 9.54. The van der Waals surface area contributed by atoms with Gasteiger partial charge >= 0.3 is 11.7 Å². The molecule has 0 aliphatic carbocycles. The highest BCUT2D eigenvalue weighted by atomic mass is 35.5. The Labute approximate surface area is 117 Å². The van der Waals surface area contributed by atoms with Gasteiger partial charge in [0, 0.05) is 12.1 Å². The summed E-state index contributed by atoms with van der Waals surface area (Å²) in [6.07, 6.45) is 1.18. The van der Waals surface area contributed by atoms with Crippen molar-refractivity contribution in [3.05, 3.63) is 56.6 Å². The van der Waals surface area contributed by atoms with E-state index in [1.165, 1.54) is 24.4 Å². The van der Waals surface area contributed by atoms with Crippen molar-refractivity contribution in [1.82, 2.24) is 0 Å². The third kappa shape index (κ3) is 3.30. The largest absolute Gasteiger partial charge is 0.618 e. The summed E-state index contributed by atoms with van der Waals surface area (Å²) in [5.41, 5.74) is -0.167. The van der Waals surface area contributed by atoms with Gasteiger partial charge in [-0.15, -0.1) is 11.3 Å². The summed E-state index contributed by atoms with van der Waals surface area (Å²) < 4.78 is 5.65. The lowest BCUT2D eigenvalue weighted by Gasteiger charge is -2.03. The van der Waals surface area contributed by atoms with Gasteiger partial charge in [-0.2, -0.15) is 4.73 Å². The van der Waals surface area contributed by atoms with Crippen molar-refractivity contribution in [3.8, 4) is 0 Å². The molecular formula is C12H8ClNO4S. The number of hydrogen-bond donors (Lipinski definition) is 0. The molecule has 2 aromatic heterocycles. The van der Waals surface area contributed by atoms with Crippen molar-refractivity contribution in [3.63, 3.8) is 0 Å². The molecule has 98 valence electrons. The molecule has 0 bridgehead atoms. The lowest BCUT2D eigenvalue weighted by atomic mass is 10.3. The van der Waals surface area contributed by atoms with Gasteiger partial charge in [-0.1, -0.05) is 11.6 Å². The van der Waals surface area contributed by atoms with Gasteiger partial charge in [-0.25, -0.2) is 4.79 Å². The van der Waals surface area contributed by atoms with Crippen LogP contribution in [0.5, 0.6) is 0 Å². The topological polar surface area (TPSA) is 70.3 Å². The summed E-state index contributed by atoms with van der Waals surface area (Å²) in [4.78, 5) is 23.7. The normalized spacial score (nSPS) is 10.2. The number of carbonyl (C=O) groups is 2. The van der Waals surface area contributed by atoms with E-state index in [4.69, 9.17) is 16.3 Å². The van der Waals surface area contributed by atoms with E-state index in [9.17, 15) is 14.8 Å². The molecule has 5 nitrogen and oxygen atoms in total. The van der Waals surface area contributed by atoms with E-state index in [1.54, 1.807) is 12.1 Å². The van der Waals surface area contributed by atoms with Gasteiger partial charge < -0.3 is 9.94 Å². The van der Waals surface area contributed by atoms with E-state index >= 15 is 0 Å². The number of Topliss-reactive ketones (excluding diaryl/α,β-unsaturated/α-hetero) is 1. The first-order valence-electron chi connectivity index (χ1n) is 5.22. The second-order valence-electron chi connectivity index (χ2n) is 3.51. The van der Waals surface area contributed by atoms with Gasteiger partial charge in [0.25, 0.3) is 0 Å². The number of carbonyl (C=O) groups excluding carboxylic acids is 2. The van der Waals surface area contributed by atoms with Gasteiger partial charge in [-0.05, 0) is 18.2 Å². The molecule has 0 unspecified atom stereocenters. The number of pyridine rings is 1. The molecule has 0 atom stereocenters. The first-order chi connectivity index (χ1) is 9.08. The Hall–Kier alpha value is -1.92. The molecule has 19 heavy (non-hydrogen) atoms. The third-order valence-electron chi connectivity index (χ3n) is 2.22. The number of rotatable bonds is 4. The summed E-state index contributed by atoms with van der Waals surface area (Å²) in [6.45, 7) is -0.426. The molecule has 2 aromatic rings. The Morgan fingerprint density at radius 1 is 1.32 bits per heavy atom. The number of ether oxygens (including phenoxy) is 1. The molecule has 0 spiro atoms. The maximum absolute atomic E-state index is 11.7. The quantitative estimate of drug-likeness (QED) is 0.375. The Morgan fingerprint density at radius 3 is 2.74 bits per heavy atom. The highest BCUT2D eigenvalue weighted by Gasteiger charge is 2.19. The van der Waals surface area contributed by atoms with Gasteiger partial charge in [0.05, 0.1) is 9.21 Å². The number of thiophene rings is 1. The van der Waals surface area contributed by atoms with Gasteiger partial charge in [0.1, 0.15) is 0 Å². The number of nitrogens with zero attached hydrogens (tertiary/aromatic N) is 1. The standard InChI is InChI=1S/C12H8ClNO4S/c13-11-5-4-10(19-11)9(15)7-18-12(16)8-3-1-2-6-14(8)17/h1-6H,7H2. The highest BCUT2D eigenvalue weighted by Crippen LogP contribution is 2.21. The Kier molecular flexibility index (Phi) is 4.13. The Bertz CT molecular complexity index is 626. The molecule has 0 amide bonds. The van der Waals surface area contributed by atoms with E-state index in [0.29, 0.717) is 13.9 Å². The summed E-state index contributed by atoms with van der Waals surface area (Å²) in [7, 11) is 0. The summed E-state index contributed by atoms with van der Waals surface area (Å²) in [5, 5.41) is 11.3. The average molecular weight is 298 g/mol. The number of ketones is 1. The van der Waals surface area contributed by atoms with Gasteiger partial charge in [-0.3, -0.25) is 4.79 Å².